The molecule has 0 atom stereocenters. The number of pyridine rings is 1. The molecule has 0 aliphatic heterocycles. The maximum Gasteiger partial charge on any atom is 0.258 e. The quantitative estimate of drug-likeness (QED) is 0.195. The van der Waals surface area contributed by atoms with E-state index in [1.54, 1.807) is 36.5 Å². The average Bonchev–Trinajstić information content (AvgIpc) is 3.69. The van der Waals surface area contributed by atoms with E-state index < -0.39 is 11.7 Å². The lowest BCUT2D eigenvalue weighted by Crippen LogP contribution is -2.07. The number of aromatic amines is 2. The minimum absolute atomic E-state index is 0.0255. The van der Waals surface area contributed by atoms with Gasteiger partial charge in [0.2, 0.25) is 0 Å². The number of amides is 1. The number of carbonyl (C=O) groups excluding carboxylic acids is 1. The van der Waals surface area contributed by atoms with E-state index in [1.165, 1.54) is 56.5 Å². The second kappa shape index (κ2) is 14.0. The van der Waals surface area contributed by atoms with Crippen molar-refractivity contribution in [3.63, 3.8) is 0 Å². The molecular formula is C27H29ClFN7O3S. The SMILES string of the molecule is COc1cccc(F)c1-c1nc2cc(-c3ncn[nH]3)ncc2[nH]1.NC(=O)c1ccc(Cl)s1.OC1CCCCCC1. The van der Waals surface area contributed by atoms with E-state index in [9.17, 15) is 9.18 Å². The fraction of sp³-hybridized carbons (Fsp3) is 0.296. The number of aliphatic hydroxyl groups excluding tert-OH is 1. The van der Waals surface area contributed by atoms with E-state index in [0.717, 1.165) is 12.8 Å². The Hall–Kier alpha value is -3.87. The lowest BCUT2D eigenvalue weighted by Gasteiger charge is -2.06. The standard InChI is InChI=1S/C15H11FN6O.C7H14O.C5H4ClNOS/c1-23-12-4-2-3-8(16)13(12)15-20-9-5-10(14-18-7-19-22-14)17-6-11(9)21-15;8-7-5-3-1-2-4-6-7;6-4-2-1-3(9-4)5(7)8/h2-7H,1H3,(H,20,21)(H,18,19,22);7-8H,1-6H2;1-2H,(H2,7,8). The number of nitrogens with zero attached hydrogens (tertiary/aromatic N) is 4. The van der Waals surface area contributed by atoms with Gasteiger partial charge in [-0.3, -0.25) is 14.9 Å². The fourth-order valence-corrected chi connectivity index (χ4v) is 4.99. The summed E-state index contributed by atoms with van der Waals surface area (Å²) >= 11 is 6.70. The molecule has 0 spiro atoms. The van der Waals surface area contributed by atoms with Crippen LogP contribution in [0.2, 0.25) is 4.34 Å². The number of hydrogen-bond acceptors (Lipinski definition) is 8. The molecule has 1 aliphatic rings. The van der Waals surface area contributed by atoms with Crippen molar-refractivity contribution in [2.45, 2.75) is 44.6 Å². The number of primary amides is 1. The topological polar surface area (TPSA) is 156 Å². The number of nitrogens with two attached hydrogens (primary N) is 1. The molecule has 4 heterocycles. The minimum atomic E-state index is -0.424. The van der Waals surface area contributed by atoms with Gasteiger partial charge in [0.15, 0.2) is 5.82 Å². The van der Waals surface area contributed by atoms with Crippen LogP contribution in [0, 0.1) is 5.82 Å². The molecule has 10 nitrogen and oxygen atoms in total. The number of halogens is 2. The Labute approximate surface area is 238 Å². The monoisotopic (exact) mass is 585 g/mol. The number of carbonyl (C=O) groups is 1. The van der Waals surface area contributed by atoms with Crippen molar-refractivity contribution in [3.8, 4) is 28.7 Å². The Balaban J connectivity index is 0.000000178. The Morgan fingerprint density at radius 1 is 1.15 bits per heavy atom. The lowest BCUT2D eigenvalue weighted by atomic mass is 10.2. The van der Waals surface area contributed by atoms with Crippen LogP contribution in [0.1, 0.15) is 48.2 Å². The fourth-order valence-electron chi connectivity index (χ4n) is 4.10. The zero-order valence-corrected chi connectivity index (χ0v) is 23.3. The predicted octanol–water partition coefficient (Wildman–Crippen LogP) is 5.76. The van der Waals surface area contributed by atoms with E-state index in [-0.39, 0.29) is 11.7 Å². The molecule has 6 rings (SSSR count). The smallest absolute Gasteiger partial charge is 0.258 e. The van der Waals surface area contributed by atoms with Gasteiger partial charge in [-0.25, -0.2) is 14.4 Å². The molecule has 0 unspecified atom stereocenters. The van der Waals surface area contributed by atoms with Crippen molar-refractivity contribution in [2.24, 2.45) is 5.73 Å². The van der Waals surface area contributed by atoms with Crippen molar-refractivity contribution in [3.05, 3.63) is 64.0 Å². The first kappa shape index (κ1) is 29.1. The van der Waals surface area contributed by atoms with Crippen LogP contribution in [-0.4, -0.2) is 54.4 Å². The molecule has 0 bridgehead atoms. The lowest BCUT2D eigenvalue weighted by molar-refractivity contribution is 0.100. The van der Waals surface area contributed by atoms with Crippen LogP contribution in [0.4, 0.5) is 4.39 Å². The van der Waals surface area contributed by atoms with E-state index in [1.807, 2.05) is 0 Å². The highest BCUT2D eigenvalue weighted by Crippen LogP contribution is 2.32. The van der Waals surface area contributed by atoms with Crippen LogP contribution in [-0.2, 0) is 0 Å². The number of nitrogens with one attached hydrogen (secondary N) is 2. The van der Waals surface area contributed by atoms with Crippen molar-refractivity contribution in [1.29, 1.82) is 0 Å². The molecule has 210 valence electrons. The summed E-state index contributed by atoms with van der Waals surface area (Å²) in [4.78, 5) is 26.7. The summed E-state index contributed by atoms with van der Waals surface area (Å²) in [5.74, 6) is 0.498. The number of benzene rings is 1. The van der Waals surface area contributed by atoms with Crippen LogP contribution >= 0.6 is 22.9 Å². The third-order valence-electron chi connectivity index (χ3n) is 6.10. The average molecular weight is 586 g/mol. The number of hydrogen-bond donors (Lipinski definition) is 4. The van der Waals surface area contributed by atoms with Crippen LogP contribution < -0.4 is 10.5 Å². The zero-order valence-electron chi connectivity index (χ0n) is 21.7. The molecule has 1 saturated carbocycles. The summed E-state index contributed by atoms with van der Waals surface area (Å²) in [5, 5.41) is 15.6. The third-order valence-corrected chi connectivity index (χ3v) is 7.34. The van der Waals surface area contributed by atoms with E-state index in [0.29, 0.717) is 43.3 Å². The maximum atomic E-state index is 14.2. The zero-order chi connectivity index (χ0) is 28.5. The molecule has 1 aliphatic carbocycles. The van der Waals surface area contributed by atoms with Crippen LogP contribution in [0.5, 0.6) is 5.75 Å². The summed E-state index contributed by atoms with van der Waals surface area (Å²) in [6.07, 6.45) is 10.3. The van der Waals surface area contributed by atoms with Gasteiger partial charge in [-0.1, -0.05) is 43.4 Å². The molecular weight excluding hydrogens is 557 g/mol. The first-order valence-electron chi connectivity index (χ1n) is 12.6. The molecule has 1 amide bonds. The van der Waals surface area contributed by atoms with Gasteiger partial charge >= 0.3 is 0 Å². The van der Waals surface area contributed by atoms with Crippen molar-refractivity contribution in [1.82, 2.24) is 30.1 Å². The normalized spacial score (nSPS) is 13.5. The molecule has 4 aromatic heterocycles. The van der Waals surface area contributed by atoms with Gasteiger partial charge in [0.1, 0.15) is 29.4 Å². The summed E-state index contributed by atoms with van der Waals surface area (Å²) in [6, 6.07) is 9.64. The maximum absolute atomic E-state index is 14.2. The summed E-state index contributed by atoms with van der Waals surface area (Å²) in [5.41, 5.74) is 7.16. The summed E-state index contributed by atoms with van der Waals surface area (Å²) < 4.78 is 20.0. The van der Waals surface area contributed by atoms with Crippen LogP contribution in [0.15, 0.2) is 48.9 Å². The number of ether oxygens (including phenoxy) is 1. The largest absolute Gasteiger partial charge is 0.496 e. The first-order chi connectivity index (χ1) is 19.4. The minimum Gasteiger partial charge on any atom is -0.496 e. The van der Waals surface area contributed by atoms with Gasteiger partial charge in [-0.05, 0) is 43.2 Å². The number of methoxy groups -OCH3 is 1. The molecule has 1 fully saturated rings. The van der Waals surface area contributed by atoms with Crippen molar-refractivity contribution in [2.75, 3.05) is 7.11 Å². The van der Waals surface area contributed by atoms with Gasteiger partial charge in [0.05, 0.1) is 45.2 Å². The molecule has 40 heavy (non-hydrogen) atoms. The number of aliphatic hydroxyl groups is 1. The molecule has 0 saturated heterocycles. The highest BCUT2D eigenvalue weighted by molar-refractivity contribution is 7.17. The number of H-pyrrole nitrogens is 2. The second-order valence-electron chi connectivity index (χ2n) is 8.94. The predicted molar refractivity (Wildman–Crippen MR) is 153 cm³/mol. The third kappa shape index (κ3) is 7.62. The van der Waals surface area contributed by atoms with Crippen molar-refractivity contribution < 1.29 is 19.0 Å². The number of rotatable bonds is 4. The van der Waals surface area contributed by atoms with Gasteiger partial charge < -0.3 is 20.6 Å². The van der Waals surface area contributed by atoms with E-state index in [2.05, 4.69) is 30.1 Å². The molecule has 13 heteroatoms. The molecule has 5 N–H and O–H groups in total. The van der Waals surface area contributed by atoms with Crippen LogP contribution in [0.25, 0.3) is 33.9 Å². The molecule has 1 aromatic carbocycles. The van der Waals surface area contributed by atoms with E-state index >= 15 is 0 Å². The number of aromatic nitrogens is 6. The highest BCUT2D eigenvalue weighted by Gasteiger charge is 2.16. The molecule has 5 aromatic rings. The van der Waals surface area contributed by atoms with Crippen LogP contribution in [0.3, 0.4) is 0 Å². The highest BCUT2D eigenvalue weighted by atomic mass is 35.5. The second-order valence-corrected chi connectivity index (χ2v) is 10.7. The van der Waals surface area contributed by atoms with Gasteiger partial charge in [0.25, 0.3) is 5.91 Å². The Morgan fingerprint density at radius 3 is 2.52 bits per heavy atom. The van der Waals surface area contributed by atoms with Gasteiger partial charge in [-0.15, -0.1) is 11.3 Å². The Bertz CT molecular complexity index is 1530. The first-order valence-corrected chi connectivity index (χ1v) is 13.8. The summed E-state index contributed by atoms with van der Waals surface area (Å²) in [6.45, 7) is 0. The van der Waals surface area contributed by atoms with Crippen molar-refractivity contribution >= 4 is 39.9 Å². The van der Waals surface area contributed by atoms with Gasteiger partial charge in [0, 0.05) is 0 Å². The number of fused-ring (bicyclic) bond motifs is 1. The van der Waals surface area contributed by atoms with E-state index in [4.69, 9.17) is 27.2 Å². The number of imidazole rings is 1. The number of thiophene rings is 1. The Kier molecular flexibility index (Phi) is 10.2. The summed E-state index contributed by atoms with van der Waals surface area (Å²) in [7, 11) is 1.49. The Morgan fingerprint density at radius 2 is 1.93 bits per heavy atom. The van der Waals surface area contributed by atoms with Gasteiger partial charge in [-0.2, -0.15) is 5.10 Å². The molecule has 0 radical (unpaired) electrons.